The fourth-order valence-corrected chi connectivity index (χ4v) is 4.51. The summed E-state index contributed by atoms with van der Waals surface area (Å²) in [6.45, 7) is 3.10. The van der Waals surface area contributed by atoms with Crippen molar-refractivity contribution in [1.29, 1.82) is 0 Å². The maximum atomic E-state index is 13.2. The Balaban J connectivity index is 0.00000306. The molecule has 7 nitrogen and oxygen atoms in total. The maximum Gasteiger partial charge on any atom is 1.00 e. The van der Waals surface area contributed by atoms with E-state index in [0.717, 1.165) is 50.1 Å². The van der Waals surface area contributed by atoms with E-state index in [1.54, 1.807) is 6.07 Å². The summed E-state index contributed by atoms with van der Waals surface area (Å²) in [7, 11) is -4.29. The molecule has 1 fully saturated rings. The Hall–Kier alpha value is -2.17. The predicted molar refractivity (Wildman–Crippen MR) is 121 cm³/mol. The predicted octanol–water partition coefficient (Wildman–Crippen LogP) is 1.11. The summed E-state index contributed by atoms with van der Waals surface area (Å²) >= 11 is 5.82. The van der Waals surface area contributed by atoms with Gasteiger partial charge in [0, 0.05) is 43.6 Å². The van der Waals surface area contributed by atoms with Crippen molar-refractivity contribution < 1.29 is 47.2 Å². The summed E-state index contributed by atoms with van der Waals surface area (Å²) in [6.07, 6.45) is 1.18. The number of hydrogen-bond donors (Lipinski definition) is 0. The van der Waals surface area contributed by atoms with Gasteiger partial charge in [0.1, 0.15) is 21.7 Å². The zero-order valence-electron chi connectivity index (χ0n) is 17.9. The number of carbonyl (C=O) groups excluding carboxylic acids is 1. The molecule has 1 saturated heterocycles. The van der Waals surface area contributed by atoms with Crippen molar-refractivity contribution >= 4 is 39.0 Å². The molecular formula is C22H19ClFN4NaO3S. The standard InChI is InChI=1S/C22H20ClFN4O3S.Na/c23-20-14-16(24)6-8-19(20)22(29)26-32(30,31)18-7-9-21(25-15-18)28-12-10-27(11-13-28)17-4-2-1-3-5-17;/h1-9,14-15H,10-13H2,(H,26,29);/q;+1/p-1. The van der Waals surface area contributed by atoms with Gasteiger partial charge in [0.2, 0.25) is 0 Å². The third kappa shape index (κ3) is 6.04. The number of anilines is 2. The maximum absolute atomic E-state index is 13.2. The first-order valence-corrected chi connectivity index (χ1v) is 11.6. The van der Waals surface area contributed by atoms with E-state index in [1.165, 1.54) is 12.3 Å². The summed E-state index contributed by atoms with van der Waals surface area (Å²) < 4.78 is 41.5. The molecule has 0 saturated carbocycles. The zero-order valence-corrected chi connectivity index (χ0v) is 21.4. The number of halogens is 2. The first-order chi connectivity index (χ1) is 15.3. The third-order valence-electron chi connectivity index (χ3n) is 5.11. The third-order valence-corrected chi connectivity index (χ3v) is 6.66. The van der Waals surface area contributed by atoms with Crippen LogP contribution in [0.15, 0.2) is 71.8 Å². The summed E-state index contributed by atoms with van der Waals surface area (Å²) in [5, 5.41) is -0.211. The molecule has 0 bridgehead atoms. The Morgan fingerprint density at radius 1 is 0.970 bits per heavy atom. The number of amides is 1. The SMILES string of the molecule is O=C([N-]S(=O)(=O)c1ccc(N2CCN(c3ccccc3)CC2)nc1)c1ccc(F)cc1Cl.[Na+]. The van der Waals surface area contributed by atoms with Gasteiger partial charge in [-0.05, 0) is 42.5 Å². The fraction of sp³-hybridized carbons (Fsp3) is 0.182. The summed E-state index contributed by atoms with van der Waals surface area (Å²) in [5.41, 5.74) is 0.964. The molecule has 2 heterocycles. The molecule has 1 amide bonds. The van der Waals surface area contributed by atoms with Crippen LogP contribution in [0.3, 0.4) is 0 Å². The first-order valence-electron chi connectivity index (χ1n) is 9.82. The van der Waals surface area contributed by atoms with Crippen LogP contribution in [-0.2, 0) is 10.0 Å². The van der Waals surface area contributed by atoms with Crippen LogP contribution in [0.4, 0.5) is 15.9 Å². The van der Waals surface area contributed by atoms with Crippen LogP contribution in [0.5, 0.6) is 0 Å². The largest absolute Gasteiger partial charge is 1.00 e. The van der Waals surface area contributed by atoms with Crippen molar-refractivity contribution in [2.24, 2.45) is 0 Å². The molecule has 166 valence electrons. The number of carbonyl (C=O) groups is 1. The first kappa shape index (κ1) is 25.5. The van der Waals surface area contributed by atoms with Crippen LogP contribution in [-0.4, -0.2) is 45.5 Å². The van der Waals surface area contributed by atoms with Crippen LogP contribution < -0.4 is 39.4 Å². The number of pyridine rings is 1. The number of sulfonamides is 1. The van der Waals surface area contributed by atoms with E-state index >= 15 is 0 Å². The normalized spacial score (nSPS) is 13.9. The van der Waals surface area contributed by atoms with Gasteiger partial charge in [0.05, 0.1) is 15.8 Å². The second-order valence-corrected chi connectivity index (χ2v) is 9.17. The van der Waals surface area contributed by atoms with E-state index in [0.29, 0.717) is 5.82 Å². The molecule has 1 aliphatic rings. The summed E-state index contributed by atoms with van der Waals surface area (Å²) in [4.78, 5) is 20.6. The van der Waals surface area contributed by atoms with Gasteiger partial charge in [-0.2, -0.15) is 0 Å². The van der Waals surface area contributed by atoms with E-state index in [9.17, 15) is 17.6 Å². The van der Waals surface area contributed by atoms with Gasteiger partial charge in [-0.3, -0.25) is 0 Å². The summed E-state index contributed by atoms with van der Waals surface area (Å²) in [5.74, 6) is -1.07. The van der Waals surface area contributed by atoms with Crippen LogP contribution >= 0.6 is 11.6 Å². The van der Waals surface area contributed by atoms with Gasteiger partial charge in [0.25, 0.3) is 0 Å². The zero-order chi connectivity index (χ0) is 22.7. The quantitative estimate of drug-likeness (QED) is 0.492. The minimum absolute atomic E-state index is 0. The molecule has 0 N–H and O–H groups in total. The number of para-hydroxylation sites is 1. The van der Waals surface area contributed by atoms with Crippen molar-refractivity contribution in [3.05, 3.63) is 88.0 Å². The number of hydrogen-bond acceptors (Lipinski definition) is 6. The topological polar surface area (TPSA) is 84.7 Å². The van der Waals surface area contributed by atoms with E-state index in [4.69, 9.17) is 11.6 Å². The minimum Gasteiger partial charge on any atom is -0.537 e. The number of piperazine rings is 1. The molecule has 2 aromatic carbocycles. The van der Waals surface area contributed by atoms with E-state index in [-0.39, 0.29) is 45.0 Å². The molecule has 11 heteroatoms. The Morgan fingerprint density at radius 3 is 2.24 bits per heavy atom. The molecule has 3 aromatic rings. The second kappa shape index (κ2) is 10.8. The van der Waals surface area contributed by atoms with Gasteiger partial charge >= 0.3 is 29.6 Å². The molecule has 1 aromatic heterocycles. The van der Waals surface area contributed by atoms with Crippen LogP contribution in [0.1, 0.15) is 10.4 Å². The summed E-state index contributed by atoms with van der Waals surface area (Å²) in [6, 6.07) is 16.1. The molecule has 0 radical (unpaired) electrons. The van der Waals surface area contributed by atoms with E-state index in [1.807, 2.05) is 18.2 Å². The van der Waals surface area contributed by atoms with E-state index < -0.39 is 21.7 Å². The molecule has 0 atom stereocenters. The van der Waals surface area contributed by atoms with Gasteiger partial charge in [0.15, 0.2) is 0 Å². The Bertz CT molecular complexity index is 1220. The Labute approximate surface area is 218 Å². The number of benzene rings is 2. The number of rotatable bonds is 5. The fourth-order valence-electron chi connectivity index (χ4n) is 3.42. The molecule has 33 heavy (non-hydrogen) atoms. The van der Waals surface area contributed by atoms with Crippen molar-refractivity contribution in [2.75, 3.05) is 36.0 Å². The van der Waals surface area contributed by atoms with Crippen molar-refractivity contribution in [2.45, 2.75) is 4.90 Å². The monoisotopic (exact) mass is 496 g/mol. The average molecular weight is 497 g/mol. The van der Waals surface area contributed by atoms with E-state index in [2.05, 4.69) is 31.6 Å². The van der Waals surface area contributed by atoms with Crippen LogP contribution in [0, 0.1) is 5.82 Å². The molecule has 0 spiro atoms. The van der Waals surface area contributed by atoms with Gasteiger partial charge in [-0.1, -0.05) is 29.8 Å². The van der Waals surface area contributed by atoms with Crippen molar-refractivity contribution in [1.82, 2.24) is 4.98 Å². The smallest absolute Gasteiger partial charge is 0.537 e. The molecule has 4 rings (SSSR count). The van der Waals surface area contributed by atoms with Gasteiger partial charge in [-0.25, -0.2) is 17.8 Å². The number of nitrogens with zero attached hydrogens (tertiary/aromatic N) is 4. The Kier molecular flexibility index (Phi) is 8.36. The molecule has 1 aliphatic heterocycles. The second-order valence-electron chi connectivity index (χ2n) is 7.16. The van der Waals surface area contributed by atoms with Crippen molar-refractivity contribution in [3.8, 4) is 0 Å². The van der Waals surface area contributed by atoms with Crippen LogP contribution in [0.25, 0.3) is 4.72 Å². The van der Waals surface area contributed by atoms with Crippen molar-refractivity contribution in [3.63, 3.8) is 0 Å². The van der Waals surface area contributed by atoms with Gasteiger partial charge in [-0.15, -0.1) is 0 Å². The number of aromatic nitrogens is 1. The van der Waals surface area contributed by atoms with Gasteiger partial charge < -0.3 is 19.3 Å². The minimum atomic E-state index is -4.29. The Morgan fingerprint density at radius 2 is 1.64 bits per heavy atom. The molecule has 0 aliphatic carbocycles. The average Bonchev–Trinajstić information content (AvgIpc) is 2.79. The van der Waals surface area contributed by atoms with Crippen LogP contribution in [0.2, 0.25) is 5.02 Å². The molecular weight excluding hydrogens is 478 g/mol. The molecule has 0 unspecified atom stereocenters.